The summed E-state index contributed by atoms with van der Waals surface area (Å²) in [5, 5.41) is 2.65. The number of sulfone groups is 1. The van der Waals surface area contributed by atoms with Gasteiger partial charge in [0, 0.05) is 12.1 Å². The molecule has 2 heterocycles. The summed E-state index contributed by atoms with van der Waals surface area (Å²) in [5.74, 6) is 0.0701. The van der Waals surface area contributed by atoms with Crippen LogP contribution in [0.5, 0.6) is 11.5 Å². The van der Waals surface area contributed by atoms with E-state index in [0.717, 1.165) is 9.87 Å². The highest BCUT2D eigenvalue weighted by atomic mass is 32.2. The Hall–Kier alpha value is -2.79. The number of aryl methyl sites for hydroxylation is 1. The molecule has 2 aliphatic rings. The first kappa shape index (κ1) is 22.4. The molecule has 0 spiro atoms. The summed E-state index contributed by atoms with van der Waals surface area (Å²) >= 11 is 0. The van der Waals surface area contributed by atoms with Crippen LogP contribution in [-0.2, 0) is 24.7 Å². The summed E-state index contributed by atoms with van der Waals surface area (Å²) in [5.41, 5.74) is 1.26. The van der Waals surface area contributed by atoms with Crippen LogP contribution in [0, 0.1) is 6.92 Å². The van der Waals surface area contributed by atoms with Gasteiger partial charge in [-0.3, -0.25) is 9.10 Å². The molecule has 1 saturated heterocycles. The average molecular weight is 481 g/mol. The molecule has 2 aromatic rings. The van der Waals surface area contributed by atoms with E-state index in [0.29, 0.717) is 36.8 Å². The Morgan fingerprint density at radius 1 is 1.09 bits per heavy atom. The number of amides is 1. The van der Waals surface area contributed by atoms with E-state index in [1.807, 2.05) is 6.92 Å². The van der Waals surface area contributed by atoms with Crippen LogP contribution in [-0.4, -0.2) is 60.0 Å². The zero-order valence-electron chi connectivity index (χ0n) is 17.5. The van der Waals surface area contributed by atoms with Crippen LogP contribution in [0.1, 0.15) is 12.0 Å². The van der Waals surface area contributed by atoms with Crippen molar-refractivity contribution >= 4 is 31.5 Å². The lowest BCUT2D eigenvalue weighted by Crippen LogP contribution is -2.44. The molecule has 0 bridgehead atoms. The molecule has 11 heteroatoms. The van der Waals surface area contributed by atoms with Crippen molar-refractivity contribution < 1.29 is 31.1 Å². The highest BCUT2D eigenvalue weighted by Gasteiger charge is 2.32. The number of carbonyl (C=O) groups is 1. The van der Waals surface area contributed by atoms with Crippen molar-refractivity contribution in [2.24, 2.45) is 0 Å². The van der Waals surface area contributed by atoms with E-state index in [9.17, 15) is 21.6 Å². The number of nitrogens with zero attached hydrogens (tertiary/aromatic N) is 1. The normalized spacial score (nSPS) is 19.3. The molecule has 0 aliphatic carbocycles. The predicted octanol–water partition coefficient (Wildman–Crippen LogP) is 1.26. The van der Waals surface area contributed by atoms with Gasteiger partial charge in [-0.25, -0.2) is 16.8 Å². The Balaban J connectivity index is 1.63. The van der Waals surface area contributed by atoms with Gasteiger partial charge >= 0.3 is 0 Å². The monoisotopic (exact) mass is 480 g/mol. The summed E-state index contributed by atoms with van der Waals surface area (Å²) in [6.07, 6.45) is 0.313. The zero-order valence-corrected chi connectivity index (χ0v) is 19.1. The topological polar surface area (TPSA) is 119 Å². The molecule has 9 nitrogen and oxygen atoms in total. The number of anilines is 1. The number of benzene rings is 2. The summed E-state index contributed by atoms with van der Waals surface area (Å²) in [4.78, 5) is 12.7. The lowest BCUT2D eigenvalue weighted by Gasteiger charge is -2.26. The molecule has 0 radical (unpaired) electrons. The molecule has 0 aromatic heterocycles. The van der Waals surface area contributed by atoms with Gasteiger partial charge in [0.1, 0.15) is 19.8 Å². The van der Waals surface area contributed by atoms with Crippen LogP contribution in [0.25, 0.3) is 0 Å². The lowest BCUT2D eigenvalue weighted by molar-refractivity contribution is -0.120. The van der Waals surface area contributed by atoms with E-state index in [-0.39, 0.29) is 16.4 Å². The molecular weight excluding hydrogens is 456 g/mol. The van der Waals surface area contributed by atoms with Crippen molar-refractivity contribution in [1.82, 2.24) is 5.32 Å². The molecule has 1 unspecified atom stereocenters. The third-order valence-electron chi connectivity index (χ3n) is 5.31. The second-order valence-corrected chi connectivity index (χ2v) is 11.9. The van der Waals surface area contributed by atoms with E-state index in [4.69, 9.17) is 9.47 Å². The fourth-order valence-corrected chi connectivity index (χ4v) is 6.76. The van der Waals surface area contributed by atoms with Gasteiger partial charge in [0.25, 0.3) is 10.0 Å². The van der Waals surface area contributed by atoms with Crippen molar-refractivity contribution in [3.8, 4) is 11.5 Å². The second kappa shape index (κ2) is 8.62. The van der Waals surface area contributed by atoms with Gasteiger partial charge in [-0.1, -0.05) is 17.7 Å². The maximum atomic E-state index is 13.5. The van der Waals surface area contributed by atoms with Gasteiger partial charge in [-0.2, -0.15) is 0 Å². The van der Waals surface area contributed by atoms with Gasteiger partial charge in [-0.15, -0.1) is 0 Å². The first-order valence-corrected chi connectivity index (χ1v) is 13.4. The number of hydrogen-bond acceptors (Lipinski definition) is 7. The van der Waals surface area contributed by atoms with Crippen LogP contribution in [0.2, 0.25) is 0 Å². The molecule has 32 heavy (non-hydrogen) atoms. The summed E-state index contributed by atoms with van der Waals surface area (Å²) in [7, 11) is -7.31. The first-order chi connectivity index (χ1) is 15.1. The molecule has 172 valence electrons. The lowest BCUT2D eigenvalue weighted by atomic mass is 10.2. The summed E-state index contributed by atoms with van der Waals surface area (Å²) in [6.45, 7) is 2.07. The standard InChI is InChI=1S/C21H24N2O7S2/c1-15-2-4-17(5-3-15)23(13-21(24)22-16-8-11-31(25,26)14-16)32(27,28)18-6-7-19-20(12-18)30-10-9-29-19/h2-7,12,16H,8-11,13-14H2,1H3,(H,22,24). The van der Waals surface area contributed by atoms with E-state index in [1.54, 1.807) is 24.3 Å². The van der Waals surface area contributed by atoms with Crippen LogP contribution < -0.4 is 19.1 Å². The van der Waals surface area contributed by atoms with Crippen molar-refractivity contribution in [2.45, 2.75) is 24.3 Å². The maximum absolute atomic E-state index is 13.5. The van der Waals surface area contributed by atoms with Crippen LogP contribution >= 0.6 is 0 Å². The molecule has 1 fully saturated rings. The molecule has 4 rings (SSSR count). The highest BCUT2D eigenvalue weighted by Crippen LogP contribution is 2.34. The Labute approximate surface area is 187 Å². The first-order valence-electron chi connectivity index (χ1n) is 10.1. The molecule has 1 atom stereocenters. The van der Waals surface area contributed by atoms with Gasteiger partial charge < -0.3 is 14.8 Å². The van der Waals surface area contributed by atoms with E-state index in [1.165, 1.54) is 18.2 Å². The second-order valence-electron chi connectivity index (χ2n) is 7.82. The van der Waals surface area contributed by atoms with Crippen molar-refractivity contribution in [1.29, 1.82) is 0 Å². The SMILES string of the molecule is Cc1ccc(N(CC(=O)NC2CCS(=O)(=O)C2)S(=O)(=O)c2ccc3c(c2)OCCO3)cc1. The molecular formula is C21H24N2O7S2. The van der Waals surface area contributed by atoms with Gasteiger partial charge in [-0.05, 0) is 37.6 Å². The van der Waals surface area contributed by atoms with Crippen LogP contribution in [0.4, 0.5) is 5.69 Å². The minimum atomic E-state index is -4.13. The number of ether oxygens (including phenoxy) is 2. The Morgan fingerprint density at radius 3 is 2.44 bits per heavy atom. The molecule has 2 aliphatic heterocycles. The Kier molecular flexibility index (Phi) is 6.04. The summed E-state index contributed by atoms with van der Waals surface area (Å²) < 4.78 is 62.4. The third-order valence-corrected chi connectivity index (χ3v) is 8.85. The number of carbonyl (C=O) groups excluding carboxylic acids is 1. The van der Waals surface area contributed by atoms with E-state index < -0.39 is 38.4 Å². The van der Waals surface area contributed by atoms with E-state index in [2.05, 4.69) is 5.32 Å². The maximum Gasteiger partial charge on any atom is 0.264 e. The number of nitrogens with one attached hydrogen (secondary N) is 1. The molecule has 1 N–H and O–H groups in total. The fraction of sp³-hybridized carbons (Fsp3) is 0.381. The minimum absolute atomic E-state index is 0.00905. The Morgan fingerprint density at radius 2 is 1.78 bits per heavy atom. The number of hydrogen-bond donors (Lipinski definition) is 1. The summed E-state index contributed by atoms with van der Waals surface area (Å²) in [6, 6.07) is 10.5. The zero-order chi connectivity index (χ0) is 22.9. The number of sulfonamides is 1. The van der Waals surface area contributed by atoms with Crippen LogP contribution in [0.3, 0.4) is 0 Å². The number of rotatable bonds is 6. The van der Waals surface area contributed by atoms with Crippen molar-refractivity contribution in [3.63, 3.8) is 0 Å². The number of fused-ring (bicyclic) bond motifs is 1. The van der Waals surface area contributed by atoms with Crippen LogP contribution in [0.15, 0.2) is 47.4 Å². The smallest absolute Gasteiger partial charge is 0.264 e. The fourth-order valence-electron chi connectivity index (χ4n) is 3.65. The molecule has 2 aromatic carbocycles. The largest absolute Gasteiger partial charge is 0.486 e. The molecule has 0 saturated carbocycles. The minimum Gasteiger partial charge on any atom is -0.486 e. The van der Waals surface area contributed by atoms with Gasteiger partial charge in [0.15, 0.2) is 21.3 Å². The molecule has 1 amide bonds. The predicted molar refractivity (Wildman–Crippen MR) is 118 cm³/mol. The quantitative estimate of drug-likeness (QED) is 0.661. The van der Waals surface area contributed by atoms with Gasteiger partial charge in [0.05, 0.1) is 22.1 Å². The van der Waals surface area contributed by atoms with E-state index >= 15 is 0 Å². The van der Waals surface area contributed by atoms with Gasteiger partial charge in [0.2, 0.25) is 5.91 Å². The average Bonchev–Trinajstić information content (AvgIpc) is 3.10. The van der Waals surface area contributed by atoms with Crippen molar-refractivity contribution in [3.05, 3.63) is 48.0 Å². The van der Waals surface area contributed by atoms with Crippen molar-refractivity contribution in [2.75, 3.05) is 35.6 Å². The third kappa shape index (κ3) is 4.83. The highest BCUT2D eigenvalue weighted by molar-refractivity contribution is 7.93. The Bertz CT molecular complexity index is 1230.